The molecule has 0 rings (SSSR count). The molecule has 98 valence electrons. The maximum atomic E-state index is 11.5. The van der Waals surface area contributed by atoms with E-state index in [9.17, 15) is 14.4 Å². The van der Waals surface area contributed by atoms with E-state index in [1.165, 1.54) is 14.0 Å². The molecule has 1 N–H and O–H groups in total. The third-order valence-corrected chi connectivity index (χ3v) is 2.86. The van der Waals surface area contributed by atoms with Crippen molar-refractivity contribution in [3.8, 4) is 0 Å². The van der Waals surface area contributed by atoms with Gasteiger partial charge >= 0.3 is 11.9 Å². The normalized spacial score (nSPS) is 13.8. The van der Waals surface area contributed by atoms with Gasteiger partial charge in [-0.25, -0.2) is 4.79 Å². The van der Waals surface area contributed by atoms with Gasteiger partial charge in [-0.2, -0.15) is 0 Å². The van der Waals surface area contributed by atoms with Crippen LogP contribution < -0.4 is 0 Å². The summed E-state index contributed by atoms with van der Waals surface area (Å²) in [7, 11) is 1.32. The van der Waals surface area contributed by atoms with Gasteiger partial charge in [-0.3, -0.25) is 9.59 Å². The minimum Gasteiger partial charge on any atom is -0.478 e. The third kappa shape index (κ3) is 6.96. The number of carboxylic acid groups (broad SMARTS) is 1. The lowest BCUT2D eigenvalue weighted by Gasteiger charge is -2.15. The quantitative estimate of drug-likeness (QED) is 0.671. The minimum absolute atomic E-state index is 0.101. The van der Waals surface area contributed by atoms with Crippen molar-refractivity contribution in [2.24, 2.45) is 5.92 Å². The van der Waals surface area contributed by atoms with E-state index >= 15 is 0 Å². The van der Waals surface area contributed by atoms with E-state index in [0.29, 0.717) is 0 Å². The molecule has 0 heterocycles. The number of carbonyl (C=O) groups is 3. The number of hydrogen-bond acceptors (Lipinski definition) is 6. The van der Waals surface area contributed by atoms with Gasteiger partial charge in [0.1, 0.15) is 0 Å². The van der Waals surface area contributed by atoms with Gasteiger partial charge in [-0.1, -0.05) is 18.7 Å². The van der Waals surface area contributed by atoms with Crippen LogP contribution in [0.3, 0.4) is 0 Å². The SMILES string of the molecule is COC[C@H](OC(=O)C(C)CSC(C)=O)C(=O)O. The summed E-state index contributed by atoms with van der Waals surface area (Å²) in [6.07, 6.45) is -1.31. The predicted octanol–water partition coefficient (Wildman–Crippen LogP) is 0.545. The second-order valence-corrected chi connectivity index (χ2v) is 4.62. The Bertz CT molecular complexity index is 291. The average molecular weight is 264 g/mol. The molecular weight excluding hydrogens is 248 g/mol. The van der Waals surface area contributed by atoms with Gasteiger partial charge in [0, 0.05) is 19.8 Å². The van der Waals surface area contributed by atoms with Crippen molar-refractivity contribution in [3.63, 3.8) is 0 Å². The van der Waals surface area contributed by atoms with Crippen molar-refractivity contribution in [2.75, 3.05) is 19.5 Å². The summed E-state index contributed by atoms with van der Waals surface area (Å²) in [5.74, 6) is -2.18. The number of carbonyl (C=O) groups excluding carboxylic acids is 2. The molecule has 0 aliphatic rings. The molecule has 2 atom stereocenters. The Balaban J connectivity index is 4.20. The van der Waals surface area contributed by atoms with Crippen molar-refractivity contribution in [2.45, 2.75) is 20.0 Å². The topological polar surface area (TPSA) is 89.9 Å². The number of aliphatic carboxylic acids is 1. The van der Waals surface area contributed by atoms with Crippen molar-refractivity contribution in [1.29, 1.82) is 0 Å². The van der Waals surface area contributed by atoms with E-state index in [2.05, 4.69) is 4.74 Å². The Morgan fingerprint density at radius 2 is 1.94 bits per heavy atom. The first-order chi connectivity index (χ1) is 7.88. The second kappa shape index (κ2) is 8.08. The largest absolute Gasteiger partial charge is 0.478 e. The molecule has 0 amide bonds. The summed E-state index contributed by atoms with van der Waals surface area (Å²) in [6.45, 7) is 2.77. The van der Waals surface area contributed by atoms with Gasteiger partial charge in [0.2, 0.25) is 6.10 Å². The van der Waals surface area contributed by atoms with E-state index in [4.69, 9.17) is 9.84 Å². The Morgan fingerprint density at radius 3 is 2.35 bits per heavy atom. The zero-order valence-electron chi connectivity index (χ0n) is 9.97. The summed E-state index contributed by atoms with van der Waals surface area (Å²) in [5, 5.41) is 8.64. The number of rotatable bonds is 7. The molecule has 17 heavy (non-hydrogen) atoms. The number of methoxy groups -OCH3 is 1. The van der Waals surface area contributed by atoms with Gasteiger partial charge in [-0.05, 0) is 0 Å². The van der Waals surface area contributed by atoms with Crippen LogP contribution in [0.4, 0.5) is 0 Å². The molecule has 0 aromatic heterocycles. The average Bonchev–Trinajstić information content (AvgIpc) is 2.24. The predicted molar refractivity (Wildman–Crippen MR) is 61.7 cm³/mol. The molecule has 0 aliphatic carbocycles. The van der Waals surface area contributed by atoms with Gasteiger partial charge < -0.3 is 14.6 Å². The zero-order valence-corrected chi connectivity index (χ0v) is 10.8. The van der Waals surface area contributed by atoms with Crippen LogP contribution in [0.15, 0.2) is 0 Å². The lowest BCUT2D eigenvalue weighted by atomic mass is 10.2. The molecule has 0 saturated heterocycles. The molecule has 0 radical (unpaired) electrons. The molecule has 0 aromatic rings. The number of carboxylic acids is 1. The van der Waals surface area contributed by atoms with E-state index in [1.54, 1.807) is 6.92 Å². The molecular formula is C10H16O6S. The number of esters is 1. The van der Waals surface area contributed by atoms with Gasteiger partial charge in [-0.15, -0.1) is 0 Å². The highest BCUT2D eigenvalue weighted by molar-refractivity contribution is 8.13. The van der Waals surface area contributed by atoms with Gasteiger partial charge in [0.25, 0.3) is 0 Å². The first-order valence-corrected chi connectivity index (χ1v) is 5.92. The molecule has 1 unspecified atom stereocenters. The Kier molecular flexibility index (Phi) is 7.56. The van der Waals surface area contributed by atoms with Crippen LogP contribution in [-0.2, 0) is 23.9 Å². The molecule has 0 bridgehead atoms. The summed E-state index contributed by atoms with van der Waals surface area (Å²) in [6, 6.07) is 0. The molecule has 0 spiro atoms. The van der Waals surface area contributed by atoms with E-state index in [-0.39, 0.29) is 17.5 Å². The van der Waals surface area contributed by atoms with Crippen LogP contribution >= 0.6 is 11.8 Å². The fraction of sp³-hybridized carbons (Fsp3) is 0.700. The number of hydrogen-bond donors (Lipinski definition) is 1. The fourth-order valence-electron chi connectivity index (χ4n) is 0.874. The summed E-state index contributed by atoms with van der Waals surface area (Å²) in [4.78, 5) is 32.9. The highest BCUT2D eigenvalue weighted by atomic mass is 32.2. The maximum absolute atomic E-state index is 11.5. The van der Waals surface area contributed by atoms with Crippen LogP contribution in [-0.4, -0.2) is 47.7 Å². The lowest BCUT2D eigenvalue weighted by molar-refractivity contribution is -0.169. The van der Waals surface area contributed by atoms with E-state index in [0.717, 1.165) is 11.8 Å². The fourth-order valence-corrected chi connectivity index (χ4v) is 1.49. The Hall–Kier alpha value is -1.08. The van der Waals surface area contributed by atoms with Crippen molar-refractivity contribution in [1.82, 2.24) is 0 Å². The third-order valence-electron chi connectivity index (χ3n) is 1.79. The number of thioether (sulfide) groups is 1. The van der Waals surface area contributed by atoms with Gasteiger partial charge in [0.15, 0.2) is 5.12 Å². The lowest BCUT2D eigenvalue weighted by Crippen LogP contribution is -2.33. The molecule has 7 heteroatoms. The van der Waals surface area contributed by atoms with E-state index < -0.39 is 24.0 Å². The minimum atomic E-state index is -1.31. The maximum Gasteiger partial charge on any atom is 0.347 e. The second-order valence-electron chi connectivity index (χ2n) is 3.42. The van der Waals surface area contributed by atoms with Gasteiger partial charge in [0.05, 0.1) is 12.5 Å². The van der Waals surface area contributed by atoms with Crippen LogP contribution in [0.5, 0.6) is 0 Å². The molecule has 0 saturated carbocycles. The highest BCUT2D eigenvalue weighted by Crippen LogP contribution is 2.11. The van der Waals surface area contributed by atoms with Crippen LogP contribution in [0.1, 0.15) is 13.8 Å². The van der Waals surface area contributed by atoms with E-state index in [1.807, 2.05) is 0 Å². The molecule has 6 nitrogen and oxygen atoms in total. The van der Waals surface area contributed by atoms with Crippen molar-refractivity contribution < 1.29 is 29.0 Å². The smallest absolute Gasteiger partial charge is 0.347 e. The first kappa shape index (κ1) is 15.9. The summed E-state index contributed by atoms with van der Waals surface area (Å²) < 4.78 is 9.39. The monoisotopic (exact) mass is 264 g/mol. The Morgan fingerprint density at radius 1 is 1.35 bits per heavy atom. The standard InChI is InChI=1S/C10H16O6S/c1-6(5-17-7(2)11)10(14)16-8(4-15-3)9(12)13/h6,8H,4-5H2,1-3H3,(H,12,13)/t6?,8-/m0/s1. The van der Waals surface area contributed by atoms with Crippen molar-refractivity contribution in [3.05, 3.63) is 0 Å². The molecule has 0 fully saturated rings. The summed E-state index contributed by atoms with van der Waals surface area (Å²) >= 11 is 0.998. The zero-order chi connectivity index (χ0) is 13.4. The van der Waals surface area contributed by atoms with Crippen LogP contribution in [0.2, 0.25) is 0 Å². The van der Waals surface area contributed by atoms with Crippen LogP contribution in [0, 0.1) is 5.92 Å². The summed E-state index contributed by atoms with van der Waals surface area (Å²) in [5.41, 5.74) is 0. The number of ether oxygens (including phenoxy) is 2. The van der Waals surface area contributed by atoms with Crippen molar-refractivity contribution >= 4 is 28.8 Å². The van der Waals surface area contributed by atoms with Crippen LogP contribution in [0.25, 0.3) is 0 Å². The first-order valence-electron chi connectivity index (χ1n) is 4.94. The highest BCUT2D eigenvalue weighted by Gasteiger charge is 2.25. The molecule has 0 aromatic carbocycles. The Labute approximate surface area is 104 Å². The molecule has 0 aliphatic heterocycles.